The molecule has 1 atom stereocenters. The van der Waals surface area contributed by atoms with Gasteiger partial charge in [-0.15, -0.1) is 0 Å². The molecular formula is C8H10N2O3. The minimum Gasteiger partial charge on any atom is -0.506 e. The maximum absolute atomic E-state index is 10.4. The lowest BCUT2D eigenvalue weighted by atomic mass is 10.1. The van der Waals surface area contributed by atoms with Crippen LogP contribution in [-0.2, 0) is 11.2 Å². The summed E-state index contributed by atoms with van der Waals surface area (Å²) in [5, 5.41) is 17.7. The molecule has 1 aromatic heterocycles. The van der Waals surface area contributed by atoms with E-state index in [0.717, 1.165) is 0 Å². The van der Waals surface area contributed by atoms with Gasteiger partial charge in [0.15, 0.2) is 0 Å². The average molecular weight is 182 g/mol. The third-order valence-electron chi connectivity index (χ3n) is 1.64. The highest BCUT2D eigenvalue weighted by Gasteiger charge is 2.13. The lowest BCUT2D eigenvalue weighted by Crippen LogP contribution is -2.32. The molecule has 1 rings (SSSR count). The highest BCUT2D eigenvalue weighted by atomic mass is 16.4. The minimum atomic E-state index is -1.09. The van der Waals surface area contributed by atoms with Crippen molar-refractivity contribution in [2.75, 3.05) is 0 Å². The first-order valence-corrected chi connectivity index (χ1v) is 3.71. The fourth-order valence-electron chi connectivity index (χ4n) is 0.912. The van der Waals surface area contributed by atoms with Gasteiger partial charge in [-0.25, -0.2) is 0 Å². The standard InChI is InChI=1S/C8H10N2O3/c9-6(8(12)13)3-5-1-2-10-4-7(5)11/h1-2,4,6,11H,3,9H2,(H,12,13). The maximum atomic E-state index is 10.4. The van der Waals surface area contributed by atoms with Crippen molar-refractivity contribution in [2.24, 2.45) is 5.73 Å². The van der Waals surface area contributed by atoms with Crippen molar-refractivity contribution in [3.05, 3.63) is 24.0 Å². The fraction of sp³-hybridized carbons (Fsp3) is 0.250. The predicted molar refractivity (Wildman–Crippen MR) is 45.2 cm³/mol. The number of nitrogens with zero attached hydrogens (tertiary/aromatic N) is 1. The summed E-state index contributed by atoms with van der Waals surface area (Å²) in [5.41, 5.74) is 5.78. The Hall–Kier alpha value is -1.62. The lowest BCUT2D eigenvalue weighted by molar-refractivity contribution is -0.138. The number of nitrogens with two attached hydrogens (primary N) is 1. The number of carbonyl (C=O) groups is 1. The molecule has 4 N–H and O–H groups in total. The van der Waals surface area contributed by atoms with Crippen molar-refractivity contribution in [3.63, 3.8) is 0 Å². The Kier molecular flexibility index (Phi) is 2.81. The molecule has 0 saturated carbocycles. The largest absolute Gasteiger partial charge is 0.506 e. The molecular weight excluding hydrogens is 172 g/mol. The van der Waals surface area contributed by atoms with Gasteiger partial charge in [-0.05, 0) is 11.6 Å². The molecule has 5 nitrogen and oxygen atoms in total. The van der Waals surface area contributed by atoms with Crippen LogP contribution in [0.25, 0.3) is 0 Å². The van der Waals surface area contributed by atoms with Gasteiger partial charge in [0.05, 0.1) is 6.20 Å². The summed E-state index contributed by atoms with van der Waals surface area (Å²) >= 11 is 0. The van der Waals surface area contributed by atoms with Crippen LogP contribution in [0.4, 0.5) is 0 Å². The van der Waals surface area contributed by atoms with Gasteiger partial charge in [0.25, 0.3) is 0 Å². The van der Waals surface area contributed by atoms with Gasteiger partial charge >= 0.3 is 5.97 Å². The van der Waals surface area contributed by atoms with Gasteiger partial charge < -0.3 is 15.9 Å². The summed E-state index contributed by atoms with van der Waals surface area (Å²) in [6.45, 7) is 0. The van der Waals surface area contributed by atoms with Crippen LogP contribution in [-0.4, -0.2) is 27.2 Å². The van der Waals surface area contributed by atoms with Gasteiger partial charge in [-0.2, -0.15) is 0 Å². The van der Waals surface area contributed by atoms with E-state index in [-0.39, 0.29) is 12.2 Å². The Morgan fingerprint density at radius 1 is 1.69 bits per heavy atom. The molecule has 0 bridgehead atoms. The van der Waals surface area contributed by atoms with Crippen LogP contribution in [0.1, 0.15) is 5.56 Å². The third kappa shape index (κ3) is 2.41. The predicted octanol–water partition coefficient (Wildman–Crippen LogP) is -0.258. The third-order valence-corrected chi connectivity index (χ3v) is 1.64. The normalized spacial score (nSPS) is 12.4. The van der Waals surface area contributed by atoms with E-state index < -0.39 is 12.0 Å². The second-order valence-corrected chi connectivity index (χ2v) is 2.65. The number of aliphatic carboxylic acids is 1. The van der Waals surface area contributed by atoms with Crippen LogP contribution in [0.15, 0.2) is 18.5 Å². The second kappa shape index (κ2) is 3.86. The van der Waals surface area contributed by atoms with Crippen LogP contribution in [0.5, 0.6) is 5.75 Å². The zero-order valence-corrected chi connectivity index (χ0v) is 6.84. The Bertz CT molecular complexity index is 314. The van der Waals surface area contributed by atoms with Crippen molar-refractivity contribution in [2.45, 2.75) is 12.5 Å². The summed E-state index contributed by atoms with van der Waals surface area (Å²) in [6, 6.07) is 0.547. The molecule has 0 spiro atoms. The Balaban J connectivity index is 2.74. The van der Waals surface area contributed by atoms with Gasteiger partial charge in [0.1, 0.15) is 11.8 Å². The SMILES string of the molecule is NC(Cc1ccncc1O)C(=O)O. The quantitative estimate of drug-likeness (QED) is 0.598. The highest BCUT2D eigenvalue weighted by molar-refractivity contribution is 5.73. The molecule has 0 amide bonds. The molecule has 70 valence electrons. The van der Waals surface area contributed by atoms with E-state index in [1.54, 1.807) is 0 Å². The van der Waals surface area contributed by atoms with E-state index in [0.29, 0.717) is 5.56 Å². The molecule has 0 radical (unpaired) electrons. The number of carboxylic acid groups (broad SMARTS) is 1. The van der Waals surface area contributed by atoms with Gasteiger partial charge in [0.2, 0.25) is 0 Å². The van der Waals surface area contributed by atoms with E-state index in [1.807, 2.05) is 0 Å². The molecule has 0 aliphatic carbocycles. The summed E-state index contributed by atoms with van der Waals surface area (Å²) in [4.78, 5) is 14.1. The van der Waals surface area contributed by atoms with Crippen LogP contribution >= 0.6 is 0 Å². The van der Waals surface area contributed by atoms with Crippen molar-refractivity contribution in [1.29, 1.82) is 0 Å². The molecule has 0 aliphatic heterocycles. The van der Waals surface area contributed by atoms with Gasteiger partial charge in [0, 0.05) is 12.6 Å². The van der Waals surface area contributed by atoms with E-state index in [2.05, 4.69) is 4.98 Å². The summed E-state index contributed by atoms with van der Waals surface area (Å²) in [7, 11) is 0. The zero-order chi connectivity index (χ0) is 9.84. The highest BCUT2D eigenvalue weighted by Crippen LogP contribution is 2.15. The maximum Gasteiger partial charge on any atom is 0.320 e. The molecule has 0 aliphatic rings. The smallest absolute Gasteiger partial charge is 0.320 e. The minimum absolute atomic E-state index is 0.0285. The number of pyridine rings is 1. The molecule has 0 saturated heterocycles. The van der Waals surface area contributed by atoms with Crippen LogP contribution in [0, 0.1) is 0 Å². The molecule has 1 heterocycles. The van der Waals surface area contributed by atoms with Crippen LogP contribution < -0.4 is 5.73 Å². The van der Waals surface area contributed by atoms with Crippen LogP contribution in [0.3, 0.4) is 0 Å². The summed E-state index contributed by atoms with van der Waals surface area (Å²) in [6.07, 6.45) is 2.83. The van der Waals surface area contributed by atoms with E-state index in [4.69, 9.17) is 10.8 Å². The van der Waals surface area contributed by atoms with Gasteiger partial charge in [-0.1, -0.05) is 0 Å². The number of rotatable bonds is 3. The summed E-state index contributed by atoms with van der Waals surface area (Å²) < 4.78 is 0. The number of carboxylic acids is 1. The van der Waals surface area contributed by atoms with E-state index >= 15 is 0 Å². The topological polar surface area (TPSA) is 96.4 Å². The monoisotopic (exact) mass is 182 g/mol. The molecule has 0 aromatic carbocycles. The number of hydrogen-bond donors (Lipinski definition) is 3. The first-order chi connectivity index (χ1) is 6.11. The first-order valence-electron chi connectivity index (χ1n) is 3.71. The number of aromatic hydroxyl groups is 1. The van der Waals surface area contributed by atoms with E-state index in [9.17, 15) is 9.90 Å². The van der Waals surface area contributed by atoms with Crippen molar-refractivity contribution < 1.29 is 15.0 Å². The average Bonchev–Trinajstić information content (AvgIpc) is 2.08. The van der Waals surface area contributed by atoms with Crippen molar-refractivity contribution in [1.82, 2.24) is 4.98 Å². The molecule has 0 fully saturated rings. The number of aromatic nitrogens is 1. The summed E-state index contributed by atoms with van der Waals surface area (Å²) in [5.74, 6) is -1.12. The van der Waals surface area contributed by atoms with Gasteiger partial charge in [-0.3, -0.25) is 9.78 Å². The van der Waals surface area contributed by atoms with Crippen LogP contribution in [0.2, 0.25) is 0 Å². The zero-order valence-electron chi connectivity index (χ0n) is 6.84. The second-order valence-electron chi connectivity index (χ2n) is 2.65. The fourth-order valence-corrected chi connectivity index (χ4v) is 0.912. The lowest BCUT2D eigenvalue weighted by Gasteiger charge is -2.06. The Morgan fingerprint density at radius 2 is 2.38 bits per heavy atom. The Labute approximate surface area is 74.8 Å². The van der Waals surface area contributed by atoms with Crippen molar-refractivity contribution in [3.8, 4) is 5.75 Å². The number of hydrogen-bond acceptors (Lipinski definition) is 4. The van der Waals surface area contributed by atoms with Crippen molar-refractivity contribution >= 4 is 5.97 Å². The molecule has 1 aromatic rings. The Morgan fingerprint density at radius 3 is 2.92 bits per heavy atom. The molecule has 13 heavy (non-hydrogen) atoms. The molecule has 1 unspecified atom stereocenters. The molecule has 5 heteroatoms. The van der Waals surface area contributed by atoms with E-state index in [1.165, 1.54) is 18.5 Å². The first kappa shape index (κ1) is 9.47.